The van der Waals surface area contributed by atoms with E-state index in [2.05, 4.69) is 15.1 Å². The van der Waals surface area contributed by atoms with Crippen LogP contribution < -0.4 is 5.01 Å². The fraction of sp³-hybridized carbons (Fsp3) is 0.167. The van der Waals surface area contributed by atoms with Crippen LogP contribution in [0.4, 0.5) is 5.95 Å². The number of nitrogens with zero attached hydrogens (tertiary/aromatic N) is 4. The summed E-state index contributed by atoms with van der Waals surface area (Å²) in [6.07, 6.45) is 4.55. The standard InChI is InChI=1S/C12H10N4O/c17-11-6-3-7-14-16(11)12-13-8-9-4-1-2-5-10(9)15-12/h1-2,4-5,7-8H,3,6H2. The SMILES string of the molecule is O=C1CCC=NN1c1ncc2ccccc2n1. The highest BCUT2D eigenvalue weighted by Crippen LogP contribution is 2.17. The molecular weight excluding hydrogens is 216 g/mol. The summed E-state index contributed by atoms with van der Waals surface area (Å²) in [5, 5.41) is 6.23. The van der Waals surface area contributed by atoms with Crippen molar-refractivity contribution in [3.63, 3.8) is 0 Å². The van der Waals surface area contributed by atoms with Crippen molar-refractivity contribution in [2.24, 2.45) is 5.10 Å². The predicted molar refractivity (Wildman–Crippen MR) is 64.8 cm³/mol. The van der Waals surface area contributed by atoms with Crippen LogP contribution >= 0.6 is 0 Å². The second-order valence-corrected chi connectivity index (χ2v) is 3.77. The van der Waals surface area contributed by atoms with Gasteiger partial charge in [-0.2, -0.15) is 10.1 Å². The van der Waals surface area contributed by atoms with Crippen LogP contribution in [0.5, 0.6) is 0 Å². The number of amides is 1. The minimum absolute atomic E-state index is 0.0669. The van der Waals surface area contributed by atoms with E-state index in [1.54, 1.807) is 12.4 Å². The van der Waals surface area contributed by atoms with Crippen LogP contribution in [0.15, 0.2) is 35.6 Å². The Bertz CT molecular complexity index is 608. The van der Waals surface area contributed by atoms with Gasteiger partial charge in [0.2, 0.25) is 5.91 Å². The zero-order valence-corrected chi connectivity index (χ0v) is 9.08. The molecule has 2 aromatic rings. The molecule has 5 heteroatoms. The summed E-state index contributed by atoms with van der Waals surface area (Å²) in [6.45, 7) is 0. The van der Waals surface area contributed by atoms with Gasteiger partial charge in [-0.1, -0.05) is 18.2 Å². The largest absolute Gasteiger partial charge is 0.272 e. The summed E-state index contributed by atoms with van der Waals surface area (Å²) >= 11 is 0. The van der Waals surface area contributed by atoms with Gasteiger partial charge in [0.25, 0.3) is 5.95 Å². The molecule has 0 N–H and O–H groups in total. The first-order valence-electron chi connectivity index (χ1n) is 5.42. The summed E-state index contributed by atoms with van der Waals surface area (Å²) in [7, 11) is 0. The molecule has 0 spiro atoms. The summed E-state index contributed by atoms with van der Waals surface area (Å²) in [5.74, 6) is 0.271. The third kappa shape index (κ3) is 1.75. The number of carbonyl (C=O) groups is 1. The first kappa shape index (κ1) is 9.89. The Morgan fingerprint density at radius 2 is 2.12 bits per heavy atom. The van der Waals surface area contributed by atoms with Crippen LogP contribution in [0.2, 0.25) is 0 Å². The molecule has 0 aliphatic carbocycles. The third-order valence-electron chi connectivity index (χ3n) is 2.59. The van der Waals surface area contributed by atoms with Crippen molar-refractivity contribution >= 4 is 29.0 Å². The molecule has 17 heavy (non-hydrogen) atoms. The van der Waals surface area contributed by atoms with Gasteiger partial charge in [-0.05, 0) is 12.5 Å². The lowest BCUT2D eigenvalue weighted by Gasteiger charge is -2.17. The first-order chi connectivity index (χ1) is 8.34. The van der Waals surface area contributed by atoms with E-state index in [0.717, 1.165) is 10.9 Å². The van der Waals surface area contributed by atoms with Gasteiger partial charge in [0.05, 0.1) is 5.52 Å². The van der Waals surface area contributed by atoms with Crippen molar-refractivity contribution in [3.05, 3.63) is 30.5 Å². The zero-order valence-electron chi connectivity index (χ0n) is 9.08. The van der Waals surface area contributed by atoms with Gasteiger partial charge in [0, 0.05) is 24.2 Å². The Labute approximate surface area is 97.8 Å². The van der Waals surface area contributed by atoms with Crippen molar-refractivity contribution in [3.8, 4) is 0 Å². The Morgan fingerprint density at radius 1 is 1.24 bits per heavy atom. The second-order valence-electron chi connectivity index (χ2n) is 3.77. The molecule has 0 bridgehead atoms. The van der Waals surface area contributed by atoms with Crippen LogP contribution in [0.3, 0.4) is 0 Å². The Hall–Kier alpha value is -2.30. The van der Waals surface area contributed by atoms with Crippen LogP contribution in [0, 0.1) is 0 Å². The number of hydrogen-bond acceptors (Lipinski definition) is 4. The van der Waals surface area contributed by atoms with Crippen molar-refractivity contribution in [2.45, 2.75) is 12.8 Å². The van der Waals surface area contributed by atoms with Crippen LogP contribution in [-0.2, 0) is 4.79 Å². The number of benzene rings is 1. The monoisotopic (exact) mass is 226 g/mol. The molecule has 2 heterocycles. The highest BCUT2D eigenvalue weighted by molar-refractivity contribution is 5.96. The number of rotatable bonds is 1. The van der Waals surface area contributed by atoms with E-state index in [-0.39, 0.29) is 5.91 Å². The quantitative estimate of drug-likeness (QED) is 0.744. The van der Waals surface area contributed by atoms with Gasteiger partial charge in [0.15, 0.2) is 0 Å². The first-order valence-corrected chi connectivity index (χ1v) is 5.42. The number of carbonyl (C=O) groups excluding carboxylic acids is 1. The molecular formula is C12H10N4O. The maximum atomic E-state index is 11.7. The molecule has 0 unspecified atom stereocenters. The smallest absolute Gasteiger partial charge is 0.254 e. The van der Waals surface area contributed by atoms with Crippen molar-refractivity contribution in [1.29, 1.82) is 0 Å². The van der Waals surface area contributed by atoms with Crippen LogP contribution in [-0.4, -0.2) is 22.1 Å². The topological polar surface area (TPSA) is 58.5 Å². The normalized spacial score (nSPS) is 15.5. The summed E-state index contributed by atoms with van der Waals surface area (Å²) in [4.78, 5) is 20.2. The van der Waals surface area contributed by atoms with E-state index >= 15 is 0 Å². The predicted octanol–water partition coefficient (Wildman–Crippen LogP) is 1.74. The lowest BCUT2D eigenvalue weighted by atomic mass is 10.2. The van der Waals surface area contributed by atoms with Gasteiger partial charge >= 0.3 is 0 Å². The minimum atomic E-state index is -0.0669. The van der Waals surface area contributed by atoms with Gasteiger partial charge in [0.1, 0.15) is 0 Å². The summed E-state index contributed by atoms with van der Waals surface area (Å²) in [5.41, 5.74) is 0.811. The highest BCUT2D eigenvalue weighted by atomic mass is 16.2. The minimum Gasteiger partial charge on any atom is -0.272 e. The number of hydrazone groups is 1. The molecule has 84 valence electrons. The summed E-state index contributed by atoms with van der Waals surface area (Å²) in [6, 6.07) is 7.65. The zero-order chi connectivity index (χ0) is 11.7. The Balaban J connectivity index is 2.08. The average Bonchev–Trinajstić information content (AvgIpc) is 2.39. The molecule has 0 atom stereocenters. The molecule has 0 radical (unpaired) electrons. The third-order valence-corrected chi connectivity index (χ3v) is 2.59. The number of anilines is 1. The average molecular weight is 226 g/mol. The van der Waals surface area contributed by atoms with E-state index in [9.17, 15) is 4.79 Å². The lowest BCUT2D eigenvalue weighted by molar-refractivity contribution is -0.118. The Morgan fingerprint density at radius 3 is 3.00 bits per heavy atom. The van der Waals surface area contributed by atoms with Crippen molar-refractivity contribution in [1.82, 2.24) is 9.97 Å². The fourth-order valence-corrected chi connectivity index (χ4v) is 1.73. The number of fused-ring (bicyclic) bond motifs is 1. The molecule has 1 aromatic heterocycles. The van der Waals surface area contributed by atoms with Crippen LogP contribution in [0.1, 0.15) is 12.8 Å². The molecule has 0 saturated heterocycles. The number of hydrogen-bond donors (Lipinski definition) is 0. The molecule has 1 aliphatic rings. The number of aromatic nitrogens is 2. The van der Waals surface area contributed by atoms with E-state index in [1.807, 2.05) is 24.3 Å². The van der Waals surface area contributed by atoms with E-state index < -0.39 is 0 Å². The van der Waals surface area contributed by atoms with Gasteiger partial charge in [-0.15, -0.1) is 0 Å². The van der Waals surface area contributed by atoms with Gasteiger partial charge < -0.3 is 0 Å². The lowest BCUT2D eigenvalue weighted by Crippen LogP contribution is -2.29. The molecule has 1 aliphatic heterocycles. The second kappa shape index (κ2) is 3.93. The fourth-order valence-electron chi connectivity index (χ4n) is 1.73. The maximum absolute atomic E-state index is 11.7. The van der Waals surface area contributed by atoms with Crippen molar-refractivity contribution in [2.75, 3.05) is 5.01 Å². The van der Waals surface area contributed by atoms with E-state index in [4.69, 9.17) is 0 Å². The van der Waals surface area contributed by atoms with Gasteiger partial charge in [-0.25, -0.2) is 9.97 Å². The molecule has 5 nitrogen and oxygen atoms in total. The number of para-hydroxylation sites is 1. The highest BCUT2D eigenvalue weighted by Gasteiger charge is 2.19. The molecule has 1 amide bonds. The molecule has 0 fully saturated rings. The molecule has 3 rings (SSSR count). The van der Waals surface area contributed by atoms with Gasteiger partial charge in [-0.3, -0.25) is 4.79 Å². The van der Waals surface area contributed by atoms with E-state index in [1.165, 1.54) is 5.01 Å². The van der Waals surface area contributed by atoms with Crippen LogP contribution in [0.25, 0.3) is 10.9 Å². The molecule has 1 aromatic carbocycles. The van der Waals surface area contributed by atoms with Crippen molar-refractivity contribution < 1.29 is 4.79 Å². The molecule has 0 saturated carbocycles. The maximum Gasteiger partial charge on any atom is 0.254 e. The summed E-state index contributed by atoms with van der Waals surface area (Å²) < 4.78 is 0. The van der Waals surface area contributed by atoms with E-state index in [0.29, 0.717) is 18.8 Å². The Kier molecular flexibility index (Phi) is 2.29.